The van der Waals surface area contributed by atoms with Crippen LogP contribution in [0.1, 0.15) is 19.8 Å². The minimum absolute atomic E-state index is 0. The summed E-state index contributed by atoms with van der Waals surface area (Å²) >= 11 is 0. The van der Waals surface area contributed by atoms with Gasteiger partial charge in [0, 0.05) is 19.1 Å². The lowest BCUT2D eigenvalue weighted by Crippen LogP contribution is -2.50. The summed E-state index contributed by atoms with van der Waals surface area (Å²) in [6, 6.07) is 6.15. The molecule has 2 N–H and O–H groups in total. The molecule has 21 heavy (non-hydrogen) atoms. The van der Waals surface area contributed by atoms with Gasteiger partial charge in [-0.3, -0.25) is 4.79 Å². The minimum Gasteiger partial charge on any atom is -0.481 e. The first-order chi connectivity index (χ1) is 9.61. The maximum absolute atomic E-state index is 13.4. The minimum atomic E-state index is -0.456. The van der Waals surface area contributed by atoms with E-state index in [2.05, 4.69) is 6.92 Å². The Kier molecular flexibility index (Phi) is 6.92. The summed E-state index contributed by atoms with van der Waals surface area (Å²) in [7, 11) is 0. The van der Waals surface area contributed by atoms with Crippen molar-refractivity contribution in [1.29, 1.82) is 0 Å². The predicted molar refractivity (Wildman–Crippen MR) is 82.1 cm³/mol. The van der Waals surface area contributed by atoms with Crippen LogP contribution < -0.4 is 10.5 Å². The van der Waals surface area contributed by atoms with E-state index in [4.69, 9.17) is 10.5 Å². The number of piperidine rings is 1. The highest BCUT2D eigenvalue weighted by Crippen LogP contribution is 2.22. The third kappa shape index (κ3) is 4.58. The molecule has 1 aliphatic heterocycles. The van der Waals surface area contributed by atoms with Gasteiger partial charge in [-0.1, -0.05) is 19.1 Å². The first-order valence-corrected chi connectivity index (χ1v) is 6.98. The molecule has 4 nitrogen and oxygen atoms in total. The molecule has 6 heteroatoms. The molecule has 1 saturated heterocycles. The van der Waals surface area contributed by atoms with Crippen molar-refractivity contribution in [3.63, 3.8) is 0 Å². The lowest BCUT2D eigenvalue weighted by Gasteiger charge is -2.37. The van der Waals surface area contributed by atoms with Crippen LogP contribution in [-0.2, 0) is 4.79 Å². The van der Waals surface area contributed by atoms with Crippen LogP contribution >= 0.6 is 12.4 Å². The monoisotopic (exact) mass is 316 g/mol. The van der Waals surface area contributed by atoms with Gasteiger partial charge < -0.3 is 15.4 Å². The second-order valence-corrected chi connectivity index (χ2v) is 5.33. The fourth-order valence-electron chi connectivity index (χ4n) is 2.59. The lowest BCUT2D eigenvalue weighted by atomic mass is 9.92. The normalized spacial score (nSPS) is 21.6. The highest BCUT2D eigenvalue weighted by molar-refractivity contribution is 5.85. The highest BCUT2D eigenvalue weighted by atomic mass is 35.5. The number of amides is 1. The zero-order valence-corrected chi connectivity index (χ0v) is 12.9. The van der Waals surface area contributed by atoms with Gasteiger partial charge in [-0.15, -0.1) is 12.4 Å². The smallest absolute Gasteiger partial charge is 0.260 e. The quantitative estimate of drug-likeness (QED) is 0.926. The highest BCUT2D eigenvalue weighted by Gasteiger charge is 2.29. The van der Waals surface area contributed by atoms with Crippen molar-refractivity contribution in [2.75, 3.05) is 19.7 Å². The van der Waals surface area contributed by atoms with E-state index in [1.165, 1.54) is 12.1 Å². The summed E-state index contributed by atoms with van der Waals surface area (Å²) in [6.45, 7) is 3.17. The van der Waals surface area contributed by atoms with E-state index in [-0.39, 0.29) is 36.7 Å². The van der Waals surface area contributed by atoms with Crippen LogP contribution in [0.15, 0.2) is 24.3 Å². The fraction of sp³-hybridized carbons (Fsp3) is 0.533. The van der Waals surface area contributed by atoms with E-state index in [0.29, 0.717) is 19.0 Å². The number of carbonyl (C=O) groups is 1. The van der Waals surface area contributed by atoms with Crippen molar-refractivity contribution in [2.24, 2.45) is 11.7 Å². The van der Waals surface area contributed by atoms with Crippen LogP contribution in [0.5, 0.6) is 5.75 Å². The van der Waals surface area contributed by atoms with E-state index in [9.17, 15) is 9.18 Å². The van der Waals surface area contributed by atoms with Crippen molar-refractivity contribution in [3.05, 3.63) is 30.1 Å². The summed E-state index contributed by atoms with van der Waals surface area (Å²) < 4.78 is 18.7. The zero-order valence-electron chi connectivity index (χ0n) is 12.1. The average Bonchev–Trinajstić information content (AvgIpc) is 2.46. The Morgan fingerprint density at radius 1 is 1.48 bits per heavy atom. The lowest BCUT2D eigenvalue weighted by molar-refractivity contribution is -0.137. The molecular formula is C15H22ClFN2O2. The Balaban J connectivity index is 0.00000220. The van der Waals surface area contributed by atoms with Gasteiger partial charge in [0.05, 0.1) is 0 Å². The van der Waals surface area contributed by atoms with Crippen LogP contribution in [0.25, 0.3) is 0 Å². The molecule has 118 valence electrons. The van der Waals surface area contributed by atoms with E-state index in [1.807, 2.05) is 0 Å². The molecule has 0 saturated carbocycles. The third-order valence-electron chi connectivity index (χ3n) is 3.76. The molecule has 0 bridgehead atoms. The van der Waals surface area contributed by atoms with Crippen LogP contribution in [-0.4, -0.2) is 36.5 Å². The SMILES string of the molecule is CC1CCN(C(=O)COc2ccccc2F)C(CN)C1.Cl. The summed E-state index contributed by atoms with van der Waals surface area (Å²) in [5.41, 5.74) is 5.73. The first-order valence-electron chi connectivity index (χ1n) is 6.98. The first kappa shape index (κ1) is 17.7. The molecule has 1 amide bonds. The number of hydrogen-bond donors (Lipinski definition) is 1. The number of halogens is 2. The number of nitrogens with zero attached hydrogens (tertiary/aromatic N) is 1. The van der Waals surface area contributed by atoms with Gasteiger partial charge >= 0.3 is 0 Å². The van der Waals surface area contributed by atoms with Gasteiger partial charge in [-0.25, -0.2) is 4.39 Å². The number of para-hydroxylation sites is 1. The predicted octanol–water partition coefficient (Wildman–Crippen LogP) is 2.21. The number of carbonyl (C=O) groups excluding carboxylic acids is 1. The molecule has 1 aliphatic rings. The maximum Gasteiger partial charge on any atom is 0.260 e. The number of ether oxygens (including phenoxy) is 1. The third-order valence-corrected chi connectivity index (χ3v) is 3.76. The molecule has 0 spiro atoms. The number of benzene rings is 1. The molecule has 0 radical (unpaired) electrons. The average molecular weight is 317 g/mol. The Hall–Kier alpha value is -1.33. The van der Waals surface area contributed by atoms with Gasteiger partial charge in [0.15, 0.2) is 18.2 Å². The topological polar surface area (TPSA) is 55.6 Å². The van der Waals surface area contributed by atoms with E-state index in [0.717, 1.165) is 12.8 Å². The molecule has 0 aromatic heterocycles. The van der Waals surface area contributed by atoms with Crippen molar-refractivity contribution in [1.82, 2.24) is 4.90 Å². The Morgan fingerprint density at radius 3 is 2.86 bits per heavy atom. The molecular weight excluding hydrogens is 295 g/mol. The number of rotatable bonds is 4. The van der Waals surface area contributed by atoms with Crippen molar-refractivity contribution in [3.8, 4) is 5.75 Å². The Bertz CT molecular complexity index is 473. The molecule has 0 aliphatic carbocycles. The van der Waals surface area contributed by atoms with Crippen LogP contribution in [0.2, 0.25) is 0 Å². The van der Waals surface area contributed by atoms with Crippen LogP contribution in [0.4, 0.5) is 4.39 Å². The number of hydrogen-bond acceptors (Lipinski definition) is 3. The van der Waals surface area contributed by atoms with Crippen LogP contribution in [0, 0.1) is 11.7 Å². The second-order valence-electron chi connectivity index (χ2n) is 5.33. The summed E-state index contributed by atoms with van der Waals surface area (Å²) in [5, 5.41) is 0. The molecule has 2 atom stereocenters. The summed E-state index contributed by atoms with van der Waals surface area (Å²) in [4.78, 5) is 13.9. The van der Waals surface area contributed by atoms with Crippen LogP contribution in [0.3, 0.4) is 0 Å². The number of nitrogens with two attached hydrogens (primary N) is 1. The molecule has 1 aromatic rings. The second kappa shape index (κ2) is 8.20. The summed E-state index contributed by atoms with van der Waals surface area (Å²) in [6.07, 6.45) is 1.89. The van der Waals surface area contributed by atoms with E-state index in [1.54, 1.807) is 17.0 Å². The van der Waals surface area contributed by atoms with E-state index < -0.39 is 5.82 Å². The molecule has 1 heterocycles. The van der Waals surface area contributed by atoms with Gasteiger partial charge in [-0.2, -0.15) is 0 Å². The standard InChI is InChI=1S/C15H21FN2O2.ClH/c1-11-6-7-18(12(8-11)9-17)15(19)10-20-14-5-3-2-4-13(14)16;/h2-5,11-12H,6-10,17H2,1H3;1H. The summed E-state index contributed by atoms with van der Waals surface area (Å²) in [5.74, 6) is 0.106. The molecule has 2 rings (SSSR count). The Morgan fingerprint density at radius 2 is 2.19 bits per heavy atom. The molecule has 1 fully saturated rings. The van der Waals surface area contributed by atoms with Gasteiger partial charge in [0.2, 0.25) is 0 Å². The van der Waals surface area contributed by atoms with E-state index >= 15 is 0 Å². The molecule has 2 unspecified atom stereocenters. The zero-order chi connectivity index (χ0) is 14.5. The largest absolute Gasteiger partial charge is 0.481 e. The van der Waals surface area contributed by atoms with Gasteiger partial charge in [-0.05, 0) is 30.9 Å². The number of likely N-dealkylation sites (tertiary alicyclic amines) is 1. The fourth-order valence-corrected chi connectivity index (χ4v) is 2.59. The van der Waals surface area contributed by atoms with Gasteiger partial charge in [0.1, 0.15) is 0 Å². The van der Waals surface area contributed by atoms with Gasteiger partial charge in [0.25, 0.3) is 5.91 Å². The van der Waals surface area contributed by atoms with Crippen molar-refractivity contribution >= 4 is 18.3 Å². The maximum atomic E-state index is 13.4. The van der Waals surface area contributed by atoms with Crippen molar-refractivity contribution < 1.29 is 13.9 Å². The van der Waals surface area contributed by atoms with Crippen molar-refractivity contribution in [2.45, 2.75) is 25.8 Å². The molecule has 1 aromatic carbocycles. The Labute approximate surface area is 130 Å².